The minimum absolute atomic E-state index is 0.108. The van der Waals surface area contributed by atoms with Gasteiger partial charge >= 0.3 is 5.69 Å². The molecule has 0 aromatic heterocycles. The van der Waals surface area contributed by atoms with E-state index >= 15 is 0 Å². The van der Waals surface area contributed by atoms with Crippen LogP contribution in [-0.2, 0) is 0 Å². The van der Waals surface area contributed by atoms with E-state index in [2.05, 4.69) is 0 Å². The summed E-state index contributed by atoms with van der Waals surface area (Å²) in [6, 6.07) is 1.40. The van der Waals surface area contributed by atoms with E-state index in [1.807, 2.05) is 0 Å². The summed E-state index contributed by atoms with van der Waals surface area (Å²) in [6.07, 6.45) is 2.93. The molecule has 2 rings (SSSR count). The summed E-state index contributed by atoms with van der Waals surface area (Å²) in [6.45, 7) is 0.108. The quantitative estimate of drug-likeness (QED) is 0.682. The first-order valence-electron chi connectivity index (χ1n) is 6.39. The third kappa shape index (κ3) is 2.87. The number of anilines is 1. The molecule has 0 heterocycles. The van der Waals surface area contributed by atoms with Crippen molar-refractivity contribution in [3.05, 3.63) is 33.9 Å². The Morgan fingerprint density at radius 3 is 2.55 bits per heavy atom. The van der Waals surface area contributed by atoms with E-state index in [-0.39, 0.29) is 12.2 Å². The van der Waals surface area contributed by atoms with E-state index in [9.17, 15) is 24.0 Å². The Morgan fingerprint density at radius 2 is 2.00 bits per heavy atom. The smallest absolute Gasteiger partial charge is 0.328 e. The van der Waals surface area contributed by atoms with Crippen LogP contribution in [-0.4, -0.2) is 29.2 Å². The molecular formula is C13H16F2N2O3. The molecule has 7 heteroatoms. The number of nitrogens with zero attached hydrogens (tertiary/aromatic N) is 2. The van der Waals surface area contributed by atoms with Crippen LogP contribution in [0, 0.1) is 21.7 Å². The minimum atomic E-state index is -1.21. The number of hydrogen-bond acceptors (Lipinski definition) is 4. The monoisotopic (exact) mass is 286 g/mol. The highest BCUT2D eigenvalue weighted by Gasteiger charge is 2.34. The van der Waals surface area contributed by atoms with Crippen molar-refractivity contribution < 1.29 is 18.8 Å². The number of hydrogen-bond donors (Lipinski definition) is 1. The van der Waals surface area contributed by atoms with Gasteiger partial charge in [-0.25, -0.2) is 4.39 Å². The van der Waals surface area contributed by atoms with E-state index in [1.54, 1.807) is 0 Å². The summed E-state index contributed by atoms with van der Waals surface area (Å²) < 4.78 is 26.8. The molecule has 1 saturated carbocycles. The largest absolute Gasteiger partial charge is 0.388 e. The molecule has 0 amide bonds. The fraction of sp³-hybridized carbons (Fsp3) is 0.538. The Balaban J connectivity index is 2.33. The molecule has 1 aromatic carbocycles. The third-order valence-electron chi connectivity index (χ3n) is 3.67. The molecule has 5 nitrogen and oxygen atoms in total. The van der Waals surface area contributed by atoms with Crippen molar-refractivity contribution in [3.63, 3.8) is 0 Å². The maximum atomic E-state index is 13.6. The standard InChI is InChI=1S/C13H16F2N2O3/c1-16(8-13(18)4-2-3-5-13)11-7-9(14)6-10(15)12(11)17(19)20/h6-7,18H,2-5,8H2,1H3. The lowest BCUT2D eigenvalue weighted by Gasteiger charge is -2.29. The number of likely N-dealkylation sites (N-methyl/N-ethyl adjacent to an activating group) is 1. The molecule has 0 atom stereocenters. The summed E-state index contributed by atoms with van der Waals surface area (Å²) in [5.74, 6) is -2.09. The van der Waals surface area contributed by atoms with Crippen molar-refractivity contribution in [1.82, 2.24) is 0 Å². The van der Waals surface area contributed by atoms with Crippen LogP contribution in [0.1, 0.15) is 25.7 Å². The summed E-state index contributed by atoms with van der Waals surface area (Å²) in [7, 11) is 1.48. The molecular weight excluding hydrogens is 270 g/mol. The fourth-order valence-electron chi connectivity index (χ4n) is 2.74. The highest BCUT2D eigenvalue weighted by atomic mass is 19.1. The predicted octanol–water partition coefficient (Wildman–Crippen LogP) is 2.61. The van der Waals surface area contributed by atoms with Crippen molar-refractivity contribution in [2.24, 2.45) is 0 Å². The summed E-state index contributed by atoms with van der Waals surface area (Å²) in [5, 5.41) is 21.2. The first kappa shape index (κ1) is 14.6. The average molecular weight is 286 g/mol. The number of halogens is 2. The van der Waals surface area contributed by atoms with Crippen molar-refractivity contribution >= 4 is 11.4 Å². The van der Waals surface area contributed by atoms with Gasteiger partial charge in [0, 0.05) is 25.7 Å². The molecule has 0 saturated heterocycles. The second-order valence-corrected chi connectivity index (χ2v) is 5.30. The van der Waals surface area contributed by atoms with Crippen LogP contribution < -0.4 is 4.90 Å². The van der Waals surface area contributed by atoms with Gasteiger partial charge in [0.1, 0.15) is 11.5 Å². The van der Waals surface area contributed by atoms with Crippen molar-refractivity contribution in [2.45, 2.75) is 31.3 Å². The van der Waals surface area contributed by atoms with Gasteiger partial charge in [-0.2, -0.15) is 4.39 Å². The van der Waals surface area contributed by atoms with Gasteiger partial charge in [-0.15, -0.1) is 0 Å². The molecule has 1 N–H and O–H groups in total. The number of nitro groups is 1. The van der Waals surface area contributed by atoms with Crippen LogP contribution in [0.25, 0.3) is 0 Å². The summed E-state index contributed by atoms with van der Waals surface area (Å²) >= 11 is 0. The van der Waals surface area contributed by atoms with Crippen LogP contribution >= 0.6 is 0 Å². The summed E-state index contributed by atoms with van der Waals surface area (Å²) in [4.78, 5) is 11.4. The highest BCUT2D eigenvalue weighted by Crippen LogP contribution is 2.35. The Morgan fingerprint density at radius 1 is 1.40 bits per heavy atom. The average Bonchev–Trinajstić information content (AvgIpc) is 2.73. The second kappa shape index (κ2) is 5.32. The molecule has 1 aromatic rings. The zero-order valence-corrected chi connectivity index (χ0v) is 11.1. The molecule has 0 bridgehead atoms. The van der Waals surface area contributed by atoms with E-state index in [1.165, 1.54) is 11.9 Å². The van der Waals surface area contributed by atoms with Gasteiger partial charge in [0.15, 0.2) is 0 Å². The number of nitro benzene ring substituents is 1. The maximum Gasteiger partial charge on any atom is 0.328 e. The van der Waals surface area contributed by atoms with Crippen LogP contribution in [0.15, 0.2) is 12.1 Å². The molecule has 1 aliphatic rings. The third-order valence-corrected chi connectivity index (χ3v) is 3.67. The lowest BCUT2D eigenvalue weighted by atomic mass is 10.0. The van der Waals surface area contributed by atoms with Gasteiger partial charge in [0.05, 0.1) is 10.5 Å². The van der Waals surface area contributed by atoms with Crippen molar-refractivity contribution in [2.75, 3.05) is 18.5 Å². The lowest BCUT2D eigenvalue weighted by molar-refractivity contribution is -0.386. The molecule has 0 radical (unpaired) electrons. The Hall–Kier alpha value is -1.76. The SMILES string of the molecule is CN(CC1(O)CCCC1)c1cc(F)cc(F)c1[N+](=O)[O-]. The molecule has 1 aliphatic carbocycles. The molecule has 0 spiro atoms. The molecule has 1 fully saturated rings. The predicted molar refractivity (Wildman–Crippen MR) is 69.7 cm³/mol. The fourth-order valence-corrected chi connectivity index (χ4v) is 2.74. The Labute approximate surface area is 115 Å². The molecule has 0 aliphatic heterocycles. The zero-order valence-electron chi connectivity index (χ0n) is 11.1. The van der Waals surface area contributed by atoms with E-state index in [4.69, 9.17) is 0 Å². The van der Waals surface area contributed by atoms with Crippen molar-refractivity contribution in [3.8, 4) is 0 Å². The van der Waals surface area contributed by atoms with E-state index < -0.39 is 27.8 Å². The van der Waals surface area contributed by atoms with Gasteiger partial charge in [-0.3, -0.25) is 10.1 Å². The van der Waals surface area contributed by atoms with Crippen LogP contribution in [0.5, 0.6) is 0 Å². The highest BCUT2D eigenvalue weighted by molar-refractivity contribution is 5.63. The van der Waals surface area contributed by atoms with Gasteiger partial charge in [0.25, 0.3) is 0 Å². The number of benzene rings is 1. The van der Waals surface area contributed by atoms with E-state index in [0.717, 1.165) is 18.9 Å². The normalized spacial score (nSPS) is 17.2. The van der Waals surface area contributed by atoms with Gasteiger partial charge in [0.2, 0.25) is 5.82 Å². The Bertz CT molecular complexity index is 531. The van der Waals surface area contributed by atoms with Gasteiger partial charge in [-0.05, 0) is 12.8 Å². The number of rotatable bonds is 4. The lowest BCUT2D eigenvalue weighted by Crippen LogP contribution is -2.39. The van der Waals surface area contributed by atoms with E-state index in [0.29, 0.717) is 18.9 Å². The maximum absolute atomic E-state index is 13.6. The number of aliphatic hydroxyl groups is 1. The van der Waals surface area contributed by atoms with Gasteiger partial charge in [-0.1, -0.05) is 12.8 Å². The Kier molecular flexibility index (Phi) is 3.89. The minimum Gasteiger partial charge on any atom is -0.388 e. The zero-order chi connectivity index (χ0) is 14.9. The topological polar surface area (TPSA) is 66.6 Å². The molecule has 0 unspecified atom stereocenters. The second-order valence-electron chi connectivity index (χ2n) is 5.30. The van der Waals surface area contributed by atoms with Crippen LogP contribution in [0.3, 0.4) is 0 Å². The molecule has 20 heavy (non-hydrogen) atoms. The molecule has 110 valence electrons. The first-order valence-corrected chi connectivity index (χ1v) is 6.39. The van der Waals surface area contributed by atoms with Gasteiger partial charge < -0.3 is 10.0 Å². The summed E-state index contributed by atoms with van der Waals surface area (Å²) in [5.41, 5.74) is -1.88. The van der Waals surface area contributed by atoms with Crippen LogP contribution in [0.4, 0.5) is 20.2 Å². The van der Waals surface area contributed by atoms with Crippen LogP contribution in [0.2, 0.25) is 0 Å². The first-order chi connectivity index (χ1) is 9.32. The van der Waals surface area contributed by atoms with Crippen molar-refractivity contribution in [1.29, 1.82) is 0 Å².